The quantitative estimate of drug-likeness (QED) is 0.916. The van der Waals surface area contributed by atoms with Crippen molar-refractivity contribution in [2.45, 2.75) is 26.7 Å². The Balaban J connectivity index is 2.51. The molecule has 0 spiro atoms. The predicted octanol–water partition coefficient (Wildman–Crippen LogP) is 2.67. The van der Waals surface area contributed by atoms with Crippen LogP contribution in [0.5, 0.6) is 0 Å². The number of rotatable bonds is 3. The number of hydrogen-bond donors (Lipinski definition) is 1. The molecule has 1 aromatic heterocycles. The lowest BCUT2D eigenvalue weighted by Crippen LogP contribution is -2.10. The fraction of sp³-hybridized carbons (Fsp3) is 0.267. The first-order valence-corrected chi connectivity index (χ1v) is 6.23. The van der Waals surface area contributed by atoms with E-state index in [1.807, 2.05) is 25.3 Å². The summed E-state index contributed by atoms with van der Waals surface area (Å²) in [6.07, 6.45) is 1.87. The van der Waals surface area contributed by atoms with Crippen LogP contribution in [0, 0.1) is 6.92 Å². The van der Waals surface area contributed by atoms with Gasteiger partial charge in [0.1, 0.15) is 5.82 Å². The molecule has 0 bridgehead atoms. The molecule has 0 unspecified atom stereocenters. The van der Waals surface area contributed by atoms with E-state index >= 15 is 0 Å². The molecule has 4 nitrogen and oxygen atoms in total. The molecule has 0 aliphatic carbocycles. The van der Waals surface area contributed by atoms with Gasteiger partial charge in [-0.05, 0) is 30.5 Å². The molecule has 0 atom stereocenters. The van der Waals surface area contributed by atoms with E-state index in [9.17, 15) is 4.79 Å². The lowest BCUT2D eigenvalue weighted by molar-refractivity contribution is 0.100. The van der Waals surface area contributed by atoms with Crippen molar-refractivity contribution in [1.82, 2.24) is 9.97 Å². The van der Waals surface area contributed by atoms with Crippen LogP contribution in [0.4, 0.5) is 0 Å². The van der Waals surface area contributed by atoms with Gasteiger partial charge >= 0.3 is 0 Å². The molecule has 2 aromatic rings. The van der Waals surface area contributed by atoms with Crippen LogP contribution in [-0.2, 0) is 0 Å². The number of nitrogens with zero attached hydrogens (tertiary/aromatic N) is 2. The van der Waals surface area contributed by atoms with E-state index in [0.29, 0.717) is 11.5 Å². The summed E-state index contributed by atoms with van der Waals surface area (Å²) < 4.78 is 0. The summed E-state index contributed by atoms with van der Waals surface area (Å²) in [5.41, 5.74) is 8.72. The predicted molar refractivity (Wildman–Crippen MR) is 74.8 cm³/mol. The average molecular weight is 255 g/mol. The molecule has 2 rings (SSSR count). The first-order valence-electron chi connectivity index (χ1n) is 6.23. The third kappa shape index (κ3) is 2.78. The lowest BCUT2D eigenvalue weighted by atomic mass is 9.98. The minimum atomic E-state index is -0.422. The highest BCUT2D eigenvalue weighted by Gasteiger charge is 2.11. The standard InChI is InChI=1S/C15H17N3O/c1-9(2)13-8-17-10(3)18-14(13)11-4-6-12(7-5-11)15(16)19/h4-9H,1-3H3,(H2,16,19). The Morgan fingerprint density at radius 3 is 2.37 bits per heavy atom. The zero-order valence-electron chi connectivity index (χ0n) is 11.3. The second-order valence-electron chi connectivity index (χ2n) is 4.82. The minimum Gasteiger partial charge on any atom is -0.366 e. The molecule has 0 aliphatic rings. The van der Waals surface area contributed by atoms with Crippen LogP contribution in [-0.4, -0.2) is 15.9 Å². The van der Waals surface area contributed by atoms with Crippen LogP contribution >= 0.6 is 0 Å². The van der Waals surface area contributed by atoms with Crippen molar-refractivity contribution in [2.75, 3.05) is 0 Å². The van der Waals surface area contributed by atoms with E-state index in [0.717, 1.165) is 22.6 Å². The molecule has 4 heteroatoms. The molecule has 0 radical (unpaired) electrons. The Kier molecular flexibility index (Phi) is 3.60. The number of primary amides is 1. The van der Waals surface area contributed by atoms with Crippen LogP contribution in [0.2, 0.25) is 0 Å². The van der Waals surface area contributed by atoms with Crippen molar-refractivity contribution in [1.29, 1.82) is 0 Å². The summed E-state index contributed by atoms with van der Waals surface area (Å²) in [6.45, 7) is 6.08. The van der Waals surface area contributed by atoms with Crippen LogP contribution in [0.1, 0.15) is 41.5 Å². The lowest BCUT2D eigenvalue weighted by Gasteiger charge is -2.12. The van der Waals surface area contributed by atoms with Gasteiger partial charge in [0.2, 0.25) is 5.91 Å². The molecular formula is C15H17N3O. The van der Waals surface area contributed by atoms with Crippen molar-refractivity contribution in [3.63, 3.8) is 0 Å². The van der Waals surface area contributed by atoms with E-state index in [1.165, 1.54) is 0 Å². The average Bonchev–Trinajstić information content (AvgIpc) is 2.38. The number of amides is 1. The van der Waals surface area contributed by atoms with Gasteiger partial charge in [0, 0.05) is 17.3 Å². The number of carbonyl (C=O) groups is 1. The molecule has 1 amide bonds. The molecule has 1 heterocycles. The smallest absolute Gasteiger partial charge is 0.248 e. The first-order chi connectivity index (χ1) is 8.99. The topological polar surface area (TPSA) is 68.9 Å². The summed E-state index contributed by atoms with van der Waals surface area (Å²) in [5, 5.41) is 0. The monoisotopic (exact) mass is 255 g/mol. The van der Waals surface area contributed by atoms with E-state index in [1.54, 1.807) is 12.1 Å². The summed E-state index contributed by atoms with van der Waals surface area (Å²) in [6, 6.07) is 7.18. The number of aryl methyl sites for hydroxylation is 1. The van der Waals surface area contributed by atoms with Gasteiger partial charge in [0.25, 0.3) is 0 Å². The molecule has 0 saturated carbocycles. The summed E-state index contributed by atoms with van der Waals surface area (Å²) in [7, 11) is 0. The highest BCUT2D eigenvalue weighted by atomic mass is 16.1. The minimum absolute atomic E-state index is 0.339. The number of hydrogen-bond acceptors (Lipinski definition) is 3. The number of carbonyl (C=O) groups excluding carboxylic acids is 1. The maximum absolute atomic E-state index is 11.1. The highest BCUT2D eigenvalue weighted by Crippen LogP contribution is 2.27. The van der Waals surface area contributed by atoms with Crippen molar-refractivity contribution in [3.05, 3.63) is 47.4 Å². The van der Waals surface area contributed by atoms with Crippen LogP contribution in [0.15, 0.2) is 30.5 Å². The van der Waals surface area contributed by atoms with E-state index < -0.39 is 5.91 Å². The second-order valence-corrected chi connectivity index (χ2v) is 4.82. The molecular weight excluding hydrogens is 238 g/mol. The summed E-state index contributed by atoms with van der Waals surface area (Å²) >= 11 is 0. The molecule has 1 aromatic carbocycles. The molecule has 98 valence electrons. The van der Waals surface area contributed by atoms with Gasteiger partial charge in [-0.15, -0.1) is 0 Å². The van der Waals surface area contributed by atoms with Gasteiger partial charge in [0.15, 0.2) is 0 Å². The molecule has 0 fully saturated rings. The van der Waals surface area contributed by atoms with E-state index in [4.69, 9.17) is 5.73 Å². The number of benzene rings is 1. The second kappa shape index (κ2) is 5.18. The highest BCUT2D eigenvalue weighted by molar-refractivity contribution is 5.93. The van der Waals surface area contributed by atoms with Crippen molar-refractivity contribution in [2.24, 2.45) is 5.73 Å². The zero-order valence-corrected chi connectivity index (χ0v) is 11.3. The summed E-state index contributed by atoms with van der Waals surface area (Å²) in [5.74, 6) is 0.652. The fourth-order valence-electron chi connectivity index (χ4n) is 1.93. The molecule has 0 aliphatic heterocycles. The maximum Gasteiger partial charge on any atom is 0.248 e. The molecule has 0 saturated heterocycles. The number of nitrogens with two attached hydrogens (primary N) is 1. The van der Waals surface area contributed by atoms with Crippen molar-refractivity contribution in [3.8, 4) is 11.3 Å². The van der Waals surface area contributed by atoms with Gasteiger partial charge in [-0.1, -0.05) is 26.0 Å². The van der Waals surface area contributed by atoms with Crippen molar-refractivity contribution < 1.29 is 4.79 Å². The number of aromatic nitrogens is 2. The Morgan fingerprint density at radius 1 is 1.21 bits per heavy atom. The van der Waals surface area contributed by atoms with Gasteiger partial charge in [-0.2, -0.15) is 0 Å². The van der Waals surface area contributed by atoms with Gasteiger partial charge < -0.3 is 5.73 Å². The maximum atomic E-state index is 11.1. The largest absolute Gasteiger partial charge is 0.366 e. The third-order valence-electron chi connectivity index (χ3n) is 3.00. The Morgan fingerprint density at radius 2 is 1.84 bits per heavy atom. The van der Waals surface area contributed by atoms with Crippen LogP contribution in [0.25, 0.3) is 11.3 Å². The van der Waals surface area contributed by atoms with Gasteiger partial charge in [0.05, 0.1) is 5.69 Å². The van der Waals surface area contributed by atoms with Gasteiger partial charge in [-0.25, -0.2) is 9.97 Å². The SMILES string of the molecule is Cc1ncc(C(C)C)c(-c2ccc(C(N)=O)cc2)n1. The first kappa shape index (κ1) is 13.2. The third-order valence-corrected chi connectivity index (χ3v) is 3.00. The Bertz CT molecular complexity index is 603. The molecule has 19 heavy (non-hydrogen) atoms. The fourth-order valence-corrected chi connectivity index (χ4v) is 1.93. The Labute approximate surface area is 112 Å². The van der Waals surface area contributed by atoms with E-state index in [2.05, 4.69) is 23.8 Å². The zero-order chi connectivity index (χ0) is 14.0. The molecule has 2 N–H and O–H groups in total. The Hall–Kier alpha value is -2.23. The van der Waals surface area contributed by atoms with E-state index in [-0.39, 0.29) is 0 Å². The van der Waals surface area contributed by atoms with Crippen molar-refractivity contribution >= 4 is 5.91 Å². The summed E-state index contributed by atoms with van der Waals surface area (Å²) in [4.78, 5) is 19.8. The van der Waals surface area contributed by atoms with Crippen LogP contribution in [0.3, 0.4) is 0 Å². The van der Waals surface area contributed by atoms with Gasteiger partial charge in [-0.3, -0.25) is 4.79 Å². The normalized spacial score (nSPS) is 10.7. The van der Waals surface area contributed by atoms with Crippen LogP contribution < -0.4 is 5.73 Å².